The average Bonchev–Trinajstić information content (AvgIpc) is 2.54. The predicted molar refractivity (Wildman–Crippen MR) is 90.7 cm³/mol. The maximum absolute atomic E-state index is 12.9. The van der Waals surface area contributed by atoms with E-state index in [4.69, 9.17) is 11.5 Å². The molecule has 5 N–H and O–H groups in total. The molecule has 1 aromatic rings. The molecule has 0 aliphatic carbocycles. The summed E-state index contributed by atoms with van der Waals surface area (Å²) < 4.78 is 25.7. The number of aliphatic imine (C=N–C) groups is 1. The topological polar surface area (TPSA) is 93.5 Å². The van der Waals surface area contributed by atoms with E-state index in [-0.39, 0.29) is 0 Å². The minimum atomic E-state index is -2.75. The molecule has 0 aliphatic heterocycles. The summed E-state index contributed by atoms with van der Waals surface area (Å²) in [6.45, 7) is 2.64. The van der Waals surface area contributed by atoms with Crippen LogP contribution in [0, 0.1) is 11.8 Å². The van der Waals surface area contributed by atoms with Gasteiger partial charge in [0.15, 0.2) is 0 Å². The summed E-state index contributed by atoms with van der Waals surface area (Å²) in [5.41, 5.74) is 9.82. The Bertz CT molecular complexity index is 670. The Morgan fingerprint density at radius 3 is 2.54 bits per heavy atom. The Hall–Kier alpha value is -2.72. The minimum Gasteiger partial charge on any atom is -0.390 e. The van der Waals surface area contributed by atoms with Crippen LogP contribution < -0.4 is 16.8 Å². The summed E-state index contributed by atoms with van der Waals surface area (Å²) in [6, 6.07) is 5.54. The molecule has 7 heteroatoms. The van der Waals surface area contributed by atoms with Crippen LogP contribution in [0.3, 0.4) is 0 Å². The second-order valence-corrected chi connectivity index (χ2v) is 5.32. The number of allylic oxidation sites excluding steroid dienone is 1. The van der Waals surface area contributed by atoms with E-state index in [0.717, 1.165) is 6.34 Å². The molecule has 2 unspecified atom stereocenters. The molecule has 0 aliphatic rings. The average molecular weight is 334 g/mol. The van der Waals surface area contributed by atoms with E-state index < -0.39 is 23.9 Å². The van der Waals surface area contributed by atoms with Crippen molar-refractivity contribution in [1.29, 1.82) is 0 Å². The number of nitrogens with one attached hydrogen (secondary N) is 1. The maximum Gasteiger partial charge on any atom is 0.257 e. The van der Waals surface area contributed by atoms with E-state index in [2.05, 4.69) is 22.2 Å². The Morgan fingerprint density at radius 1 is 1.38 bits per heavy atom. The summed E-state index contributed by atoms with van der Waals surface area (Å²) in [5, 5.41) is 2.48. The molecule has 0 spiro atoms. The van der Waals surface area contributed by atoms with Crippen LogP contribution in [0.15, 0.2) is 41.5 Å². The van der Waals surface area contributed by atoms with Gasteiger partial charge in [0.2, 0.25) is 0 Å². The predicted octanol–water partition coefficient (Wildman–Crippen LogP) is 1.64. The monoisotopic (exact) mass is 334 g/mol. The van der Waals surface area contributed by atoms with Crippen LogP contribution in [-0.2, 0) is 0 Å². The molecule has 128 valence electrons. The number of hydrogen-bond acceptors (Lipinski definition) is 3. The number of alkyl halides is 2. The van der Waals surface area contributed by atoms with Crippen molar-refractivity contribution >= 4 is 12.2 Å². The molecule has 0 bridgehead atoms. The SMILES string of the molecule is CC(NC(=O)c1ccc(C#C/C=C/N=CN)cc1)C(C)(N)C(F)F. The van der Waals surface area contributed by atoms with Gasteiger partial charge in [-0.15, -0.1) is 0 Å². The molecule has 0 saturated heterocycles. The summed E-state index contributed by atoms with van der Waals surface area (Å²) in [4.78, 5) is 15.7. The first kappa shape index (κ1) is 19.3. The van der Waals surface area contributed by atoms with Gasteiger partial charge in [-0.3, -0.25) is 4.79 Å². The fourth-order valence-electron chi connectivity index (χ4n) is 1.58. The summed E-state index contributed by atoms with van der Waals surface area (Å²) in [5.74, 6) is 5.12. The number of carbonyl (C=O) groups excluding carboxylic acids is 1. The van der Waals surface area contributed by atoms with Crippen LogP contribution in [0.1, 0.15) is 29.8 Å². The van der Waals surface area contributed by atoms with Crippen LogP contribution in [0.5, 0.6) is 0 Å². The first-order chi connectivity index (χ1) is 11.3. The lowest BCUT2D eigenvalue weighted by atomic mass is 9.95. The second-order valence-electron chi connectivity index (χ2n) is 5.32. The minimum absolute atomic E-state index is 0.334. The van der Waals surface area contributed by atoms with E-state index in [1.165, 1.54) is 26.1 Å². The lowest BCUT2D eigenvalue weighted by molar-refractivity contribution is 0.0429. The molecular formula is C17H20F2N4O. The van der Waals surface area contributed by atoms with E-state index >= 15 is 0 Å². The Labute approximate surface area is 139 Å². The number of nitrogens with zero attached hydrogens (tertiary/aromatic N) is 1. The molecule has 0 fully saturated rings. The summed E-state index contributed by atoms with van der Waals surface area (Å²) >= 11 is 0. The van der Waals surface area contributed by atoms with Gasteiger partial charge in [0, 0.05) is 29.4 Å². The molecule has 24 heavy (non-hydrogen) atoms. The highest BCUT2D eigenvalue weighted by molar-refractivity contribution is 5.94. The van der Waals surface area contributed by atoms with Crippen molar-refractivity contribution in [2.45, 2.75) is 31.9 Å². The van der Waals surface area contributed by atoms with Crippen molar-refractivity contribution in [3.05, 3.63) is 47.7 Å². The number of carbonyl (C=O) groups is 1. The molecular weight excluding hydrogens is 314 g/mol. The van der Waals surface area contributed by atoms with Crippen LogP contribution >= 0.6 is 0 Å². The summed E-state index contributed by atoms with van der Waals surface area (Å²) in [7, 11) is 0. The molecule has 1 aromatic carbocycles. The molecule has 2 atom stereocenters. The van der Waals surface area contributed by atoms with Gasteiger partial charge < -0.3 is 16.8 Å². The fraction of sp³-hybridized carbons (Fsp3) is 0.294. The zero-order valence-corrected chi connectivity index (χ0v) is 13.5. The van der Waals surface area contributed by atoms with Crippen molar-refractivity contribution in [2.75, 3.05) is 0 Å². The van der Waals surface area contributed by atoms with Crippen molar-refractivity contribution < 1.29 is 13.6 Å². The van der Waals surface area contributed by atoms with Crippen molar-refractivity contribution in [3.8, 4) is 11.8 Å². The van der Waals surface area contributed by atoms with Crippen molar-refractivity contribution in [1.82, 2.24) is 5.32 Å². The Balaban J connectivity index is 2.73. The lowest BCUT2D eigenvalue weighted by Crippen LogP contribution is -2.59. The number of amides is 1. The van der Waals surface area contributed by atoms with Gasteiger partial charge in [0.05, 0.1) is 11.9 Å². The normalized spacial score (nSPS) is 15.1. The molecule has 0 saturated carbocycles. The number of nitrogens with two attached hydrogens (primary N) is 2. The van der Waals surface area contributed by atoms with Crippen LogP contribution in [0.2, 0.25) is 0 Å². The quantitative estimate of drug-likeness (QED) is 0.434. The Kier molecular flexibility index (Phi) is 7.08. The summed E-state index contributed by atoms with van der Waals surface area (Å²) in [6.07, 6.45) is 1.37. The van der Waals surface area contributed by atoms with Gasteiger partial charge in [-0.2, -0.15) is 0 Å². The molecule has 0 heterocycles. The van der Waals surface area contributed by atoms with E-state index in [9.17, 15) is 13.6 Å². The zero-order chi connectivity index (χ0) is 18.2. The molecule has 1 amide bonds. The first-order valence-electron chi connectivity index (χ1n) is 7.17. The number of benzene rings is 1. The number of halogens is 2. The van der Waals surface area contributed by atoms with E-state index in [1.807, 2.05) is 0 Å². The van der Waals surface area contributed by atoms with Crippen molar-refractivity contribution in [2.24, 2.45) is 16.5 Å². The standard InChI is InChI=1S/C17H20F2N4O/c1-12(17(2,21)16(18)19)23-15(24)14-8-6-13(7-9-14)5-3-4-10-22-11-20/h4,6-12,16H,21H2,1-2H3,(H2,20,22)(H,23,24)/b10-4+. The number of rotatable bonds is 5. The van der Waals surface area contributed by atoms with Gasteiger partial charge in [-0.05, 0) is 38.1 Å². The van der Waals surface area contributed by atoms with Gasteiger partial charge in [-0.1, -0.05) is 11.8 Å². The maximum atomic E-state index is 12.9. The third kappa shape index (κ3) is 5.48. The molecule has 5 nitrogen and oxygen atoms in total. The second kappa shape index (κ2) is 8.79. The van der Waals surface area contributed by atoms with E-state index in [0.29, 0.717) is 11.1 Å². The highest BCUT2D eigenvalue weighted by Crippen LogP contribution is 2.17. The third-order valence-electron chi connectivity index (χ3n) is 3.44. The van der Waals surface area contributed by atoms with Gasteiger partial charge in [0.25, 0.3) is 12.3 Å². The van der Waals surface area contributed by atoms with Gasteiger partial charge in [-0.25, -0.2) is 13.8 Å². The Morgan fingerprint density at radius 2 is 2.00 bits per heavy atom. The van der Waals surface area contributed by atoms with Gasteiger partial charge in [0.1, 0.15) is 0 Å². The van der Waals surface area contributed by atoms with Crippen LogP contribution in [0.25, 0.3) is 0 Å². The highest BCUT2D eigenvalue weighted by Gasteiger charge is 2.37. The number of hydrogen-bond donors (Lipinski definition) is 3. The van der Waals surface area contributed by atoms with Gasteiger partial charge >= 0.3 is 0 Å². The molecule has 0 aromatic heterocycles. The first-order valence-corrected chi connectivity index (χ1v) is 7.17. The zero-order valence-electron chi connectivity index (χ0n) is 13.5. The molecule has 1 rings (SSSR count). The smallest absolute Gasteiger partial charge is 0.257 e. The third-order valence-corrected chi connectivity index (χ3v) is 3.44. The van der Waals surface area contributed by atoms with Crippen LogP contribution in [-0.4, -0.2) is 30.3 Å². The molecule has 0 radical (unpaired) electrons. The fourth-order valence-corrected chi connectivity index (χ4v) is 1.58. The lowest BCUT2D eigenvalue weighted by Gasteiger charge is -2.31. The largest absolute Gasteiger partial charge is 0.390 e. The highest BCUT2D eigenvalue weighted by atomic mass is 19.3. The van der Waals surface area contributed by atoms with E-state index in [1.54, 1.807) is 24.3 Å². The van der Waals surface area contributed by atoms with Crippen LogP contribution in [0.4, 0.5) is 8.78 Å². The van der Waals surface area contributed by atoms with Crippen molar-refractivity contribution in [3.63, 3.8) is 0 Å².